The molecule has 10 fully saturated rings. The second-order valence-electron chi connectivity index (χ2n) is 27.8. The van der Waals surface area contributed by atoms with Crippen molar-refractivity contribution in [3.63, 3.8) is 0 Å². The van der Waals surface area contributed by atoms with Gasteiger partial charge in [-0.3, -0.25) is 24.3 Å². The maximum atomic E-state index is 13.1. The van der Waals surface area contributed by atoms with Crippen molar-refractivity contribution >= 4 is 33.9 Å². The number of imidazole rings is 2. The number of nitrogens with zero attached hydrogens (tertiary/aromatic N) is 8. The van der Waals surface area contributed by atoms with Gasteiger partial charge >= 0.3 is 0 Å². The summed E-state index contributed by atoms with van der Waals surface area (Å²) < 4.78 is 5.53. The van der Waals surface area contributed by atoms with Crippen molar-refractivity contribution in [2.24, 2.45) is 29.6 Å². The van der Waals surface area contributed by atoms with Gasteiger partial charge in [-0.2, -0.15) is 0 Å². The molecule has 12 atom stereocenters. The maximum absolute atomic E-state index is 13.1. The zero-order chi connectivity index (χ0) is 51.7. The Morgan fingerprint density at radius 1 is 0.571 bits per heavy atom. The van der Waals surface area contributed by atoms with Crippen LogP contribution in [0.4, 0.5) is 0 Å². The maximum Gasteiger partial charge on any atom is 0.236 e. The van der Waals surface area contributed by atoms with E-state index in [1.54, 1.807) is 0 Å². The van der Waals surface area contributed by atoms with Crippen LogP contribution in [0.2, 0.25) is 0 Å². The Labute approximate surface area is 461 Å². The molecule has 4 aliphatic carbocycles. The molecule has 6 saturated heterocycles. The Morgan fingerprint density at radius 2 is 1.18 bits per heavy atom. The first-order chi connectivity index (χ1) is 37.8. The first-order valence-electron chi connectivity index (χ1n) is 32.6. The minimum Gasteiger partial charge on any atom is -0.353 e. The van der Waals surface area contributed by atoms with Crippen LogP contribution in [-0.2, 0) is 22.4 Å². The van der Waals surface area contributed by atoms with E-state index in [1.165, 1.54) is 181 Å². The predicted octanol–water partition coefficient (Wildman–Crippen LogP) is 12.2. The van der Waals surface area contributed by atoms with E-state index >= 15 is 0 Å². The highest BCUT2D eigenvalue weighted by molar-refractivity contribution is 5.81. The van der Waals surface area contributed by atoms with Crippen molar-refractivity contribution in [2.45, 2.75) is 254 Å². The smallest absolute Gasteiger partial charge is 0.236 e. The molecular formula is C66H95N9O2. The molecule has 77 heavy (non-hydrogen) atoms. The fourth-order valence-electron chi connectivity index (χ4n) is 20.1. The molecule has 11 nitrogen and oxygen atoms in total. The quantitative estimate of drug-likeness (QED) is 0.143. The molecule has 14 rings (SSSR count). The summed E-state index contributed by atoms with van der Waals surface area (Å²) in [5.74, 6) is 7.62. The number of nitrogens with one attached hydrogen (secondary N) is 1. The molecule has 2 amide bonds. The fourth-order valence-corrected chi connectivity index (χ4v) is 20.1. The van der Waals surface area contributed by atoms with E-state index in [2.05, 4.69) is 85.5 Å². The lowest BCUT2D eigenvalue weighted by Crippen LogP contribution is -2.58. The van der Waals surface area contributed by atoms with Crippen molar-refractivity contribution in [3.05, 3.63) is 59.7 Å². The Balaban J connectivity index is 0.687. The van der Waals surface area contributed by atoms with Crippen LogP contribution in [0, 0.1) is 29.6 Å². The number of likely N-dealkylation sites (tertiary alicyclic amines) is 1. The Hall–Kier alpha value is -3.80. The molecule has 12 unspecified atom stereocenters. The molecule has 0 spiro atoms. The highest BCUT2D eigenvalue weighted by Gasteiger charge is 2.48. The van der Waals surface area contributed by atoms with Gasteiger partial charge in [0, 0.05) is 93.3 Å². The summed E-state index contributed by atoms with van der Waals surface area (Å²) in [6.45, 7) is 8.31. The van der Waals surface area contributed by atoms with Crippen molar-refractivity contribution in [3.8, 4) is 0 Å². The second-order valence-corrected chi connectivity index (χ2v) is 27.8. The van der Waals surface area contributed by atoms with Gasteiger partial charge in [0.15, 0.2) is 0 Å². The van der Waals surface area contributed by atoms with Crippen molar-refractivity contribution in [1.82, 2.24) is 44.0 Å². The van der Waals surface area contributed by atoms with Crippen LogP contribution in [0.3, 0.4) is 0 Å². The van der Waals surface area contributed by atoms with Crippen LogP contribution >= 0.6 is 0 Å². The minimum absolute atomic E-state index is 0.191. The van der Waals surface area contributed by atoms with Crippen LogP contribution in [0.15, 0.2) is 42.5 Å². The number of amides is 2. The van der Waals surface area contributed by atoms with Crippen LogP contribution in [0.1, 0.15) is 216 Å². The van der Waals surface area contributed by atoms with E-state index in [0.29, 0.717) is 67.1 Å². The van der Waals surface area contributed by atoms with Gasteiger partial charge in [-0.15, -0.1) is 0 Å². The normalized spacial score (nSPS) is 37.0. The van der Waals surface area contributed by atoms with Gasteiger partial charge in [0.2, 0.25) is 11.8 Å². The second kappa shape index (κ2) is 21.9. The summed E-state index contributed by atoms with van der Waals surface area (Å²) in [4.78, 5) is 47.7. The molecule has 4 saturated carbocycles. The number of carbonyl (C=O) groups is 2. The zero-order valence-corrected chi connectivity index (χ0v) is 47.4. The molecule has 8 heterocycles. The molecule has 1 N–H and O–H groups in total. The van der Waals surface area contributed by atoms with Gasteiger partial charge in [-0.05, 0) is 202 Å². The number of carbonyl (C=O) groups excluding carboxylic acids is 2. The lowest BCUT2D eigenvalue weighted by atomic mass is 9.73. The summed E-state index contributed by atoms with van der Waals surface area (Å²) in [5, 5.41) is 3.37. The summed E-state index contributed by atoms with van der Waals surface area (Å²) >= 11 is 0. The third kappa shape index (κ3) is 10.2. The number of hydrogen-bond acceptors (Lipinski definition) is 7. The summed E-state index contributed by atoms with van der Waals surface area (Å²) in [6, 6.07) is 21.7. The number of aromatic nitrogens is 4. The number of piperidine rings is 4. The Bertz CT molecular complexity index is 2700. The fraction of sp³-hybridized carbons (Fsp3) is 0.758. The molecule has 2 aromatic heterocycles. The van der Waals surface area contributed by atoms with Gasteiger partial charge in [0.05, 0.1) is 28.6 Å². The monoisotopic (exact) mass is 1050 g/mol. The van der Waals surface area contributed by atoms with Crippen LogP contribution in [0.5, 0.6) is 0 Å². The Morgan fingerprint density at radius 3 is 1.84 bits per heavy atom. The highest BCUT2D eigenvalue weighted by atomic mass is 16.2. The molecule has 8 bridgehead atoms. The van der Waals surface area contributed by atoms with Crippen molar-refractivity contribution < 1.29 is 9.59 Å². The van der Waals surface area contributed by atoms with Gasteiger partial charge in [0.1, 0.15) is 11.6 Å². The predicted molar refractivity (Wildman–Crippen MR) is 308 cm³/mol. The summed E-state index contributed by atoms with van der Waals surface area (Å²) in [7, 11) is 0. The number of rotatable bonds is 13. The molecule has 0 radical (unpaired) electrons. The van der Waals surface area contributed by atoms with Gasteiger partial charge < -0.3 is 19.4 Å². The van der Waals surface area contributed by atoms with Gasteiger partial charge in [-0.1, -0.05) is 62.8 Å². The van der Waals surface area contributed by atoms with E-state index in [4.69, 9.17) is 9.97 Å². The third-order valence-electron chi connectivity index (χ3n) is 23.1. The lowest BCUT2D eigenvalue weighted by molar-refractivity contribution is -0.131. The lowest BCUT2D eigenvalue weighted by Gasteiger charge is -2.54. The van der Waals surface area contributed by atoms with Crippen LogP contribution in [0.25, 0.3) is 22.1 Å². The molecule has 416 valence electrons. The average Bonchev–Trinajstić information content (AvgIpc) is 4.28. The standard InChI is InChI=1S/C66H95N9O2/c1-3-71(4-2)65(77)42-70-27-26-46(41-70)35-62-68-59-19-7-8-20-60(59)74(62)56-37-50-14-9-15-51(38-56)73(50)55-33-45-22-23-48(30-47(29-45)34-55)58-18-11-21-61-66(58)69-63(36-49-24-25-64(76)67-49)75(61)57-39-52-16-10-17-53(40-57)72(52)54-31-43-12-5-6-13-44(28-43)32-54/h7-8,11,18-21,43-57H,3-6,9-10,12-17,22-42H2,1-2H3,(H,67,76). The molecular weight excluding hydrogens is 951 g/mol. The van der Waals surface area contributed by atoms with Gasteiger partial charge in [0.25, 0.3) is 0 Å². The summed E-state index contributed by atoms with van der Waals surface area (Å²) in [5.41, 5.74) is 6.71. The topological polar surface area (TPSA) is 94.8 Å². The molecule has 4 aromatic rings. The van der Waals surface area contributed by atoms with E-state index in [-0.39, 0.29) is 17.9 Å². The van der Waals surface area contributed by atoms with Crippen molar-refractivity contribution in [2.75, 3.05) is 32.7 Å². The van der Waals surface area contributed by atoms with Crippen molar-refractivity contribution in [1.29, 1.82) is 0 Å². The summed E-state index contributed by atoms with van der Waals surface area (Å²) in [6.07, 6.45) is 36.1. The molecule has 2 aromatic carbocycles. The SMILES string of the molecule is CCN(CC)C(=O)CN1CCC(Cc2nc3ccccc3n2C2CC3CCCC(C2)N3C2CC3CCC(c4cccc5c4nc(CC4CCC(=O)N4)n5C4CC5CCCC(C4)N5C4CC5CCCCC(C5)C4)CC(C3)C2)C1. The number of para-hydroxylation sites is 3. The number of fused-ring (bicyclic) bond motifs is 10. The zero-order valence-electron chi connectivity index (χ0n) is 47.4. The average molecular weight is 1050 g/mol. The van der Waals surface area contributed by atoms with Gasteiger partial charge in [-0.25, -0.2) is 9.97 Å². The van der Waals surface area contributed by atoms with Crippen LogP contribution < -0.4 is 5.32 Å². The van der Waals surface area contributed by atoms with E-state index in [1.807, 2.05) is 4.90 Å². The third-order valence-corrected chi connectivity index (χ3v) is 23.1. The number of hydrogen-bond donors (Lipinski definition) is 1. The Kier molecular flexibility index (Phi) is 14.6. The molecule has 11 heteroatoms. The highest BCUT2D eigenvalue weighted by Crippen LogP contribution is 2.52. The number of likely N-dealkylation sites (N-methyl/N-ethyl adjacent to an activating group) is 1. The first kappa shape index (κ1) is 51.4. The van der Waals surface area contributed by atoms with E-state index in [0.717, 1.165) is 87.1 Å². The largest absolute Gasteiger partial charge is 0.353 e. The molecule has 6 aliphatic heterocycles. The minimum atomic E-state index is 0.191. The van der Waals surface area contributed by atoms with E-state index < -0.39 is 0 Å². The number of benzene rings is 2. The first-order valence-corrected chi connectivity index (χ1v) is 32.6. The molecule has 10 aliphatic rings. The van der Waals surface area contributed by atoms with Crippen LogP contribution in [-0.4, -0.2) is 126 Å². The van der Waals surface area contributed by atoms with E-state index in [9.17, 15) is 9.59 Å².